The zero-order valence-corrected chi connectivity index (χ0v) is 14.6. The highest BCUT2D eigenvalue weighted by molar-refractivity contribution is 8.01. The van der Waals surface area contributed by atoms with Gasteiger partial charge >= 0.3 is 0 Å². The van der Waals surface area contributed by atoms with Gasteiger partial charge in [0.15, 0.2) is 4.34 Å². The van der Waals surface area contributed by atoms with E-state index in [1.807, 2.05) is 19.0 Å². The van der Waals surface area contributed by atoms with E-state index in [9.17, 15) is 0 Å². The van der Waals surface area contributed by atoms with E-state index in [1.165, 1.54) is 10.5 Å². The van der Waals surface area contributed by atoms with Crippen molar-refractivity contribution in [1.82, 2.24) is 15.5 Å². The molecule has 0 aliphatic carbocycles. The first-order valence-corrected chi connectivity index (χ1v) is 8.66. The van der Waals surface area contributed by atoms with Crippen molar-refractivity contribution < 1.29 is 0 Å². The molecule has 0 fully saturated rings. The highest BCUT2D eigenvalue weighted by atomic mass is 32.2. The van der Waals surface area contributed by atoms with Crippen LogP contribution in [0.2, 0.25) is 0 Å². The van der Waals surface area contributed by atoms with Crippen molar-refractivity contribution in [3.8, 4) is 0 Å². The van der Waals surface area contributed by atoms with Crippen LogP contribution < -0.4 is 10.2 Å². The Morgan fingerprint density at radius 2 is 1.90 bits per heavy atom. The average Bonchev–Trinajstić information content (AvgIpc) is 2.89. The van der Waals surface area contributed by atoms with Crippen LogP contribution in [0.15, 0.2) is 33.5 Å². The van der Waals surface area contributed by atoms with Gasteiger partial charge in [0, 0.05) is 25.5 Å². The summed E-state index contributed by atoms with van der Waals surface area (Å²) in [6.07, 6.45) is 0. The summed E-state index contributed by atoms with van der Waals surface area (Å²) in [7, 11) is 3.96. The first kappa shape index (κ1) is 16.3. The summed E-state index contributed by atoms with van der Waals surface area (Å²) in [6, 6.07) is 8.63. The number of benzene rings is 1. The Bertz CT molecular complexity index is 549. The fourth-order valence-corrected chi connectivity index (χ4v) is 3.44. The molecule has 0 atom stereocenters. The van der Waals surface area contributed by atoms with Crippen LogP contribution in [-0.4, -0.2) is 30.8 Å². The molecule has 0 radical (unpaired) electrons. The molecule has 6 heteroatoms. The molecular formula is C15H22N4S2. The van der Waals surface area contributed by atoms with Gasteiger partial charge in [0.1, 0.15) is 0 Å². The molecule has 0 aliphatic heterocycles. The van der Waals surface area contributed by atoms with Gasteiger partial charge in [0.05, 0.1) is 0 Å². The molecule has 1 aromatic carbocycles. The quantitative estimate of drug-likeness (QED) is 0.845. The van der Waals surface area contributed by atoms with Crippen LogP contribution in [-0.2, 0) is 6.54 Å². The molecule has 0 amide bonds. The first-order valence-electron chi connectivity index (χ1n) is 7.03. The Labute approximate surface area is 135 Å². The Morgan fingerprint density at radius 3 is 2.48 bits per heavy atom. The van der Waals surface area contributed by atoms with Gasteiger partial charge in [-0.05, 0) is 30.2 Å². The number of nitrogens with one attached hydrogen (secondary N) is 1. The molecule has 0 saturated carbocycles. The van der Waals surface area contributed by atoms with Crippen LogP contribution in [0.3, 0.4) is 0 Å². The van der Waals surface area contributed by atoms with Crippen molar-refractivity contribution >= 4 is 28.2 Å². The van der Waals surface area contributed by atoms with Crippen LogP contribution >= 0.6 is 23.1 Å². The van der Waals surface area contributed by atoms with Gasteiger partial charge in [0.25, 0.3) is 0 Å². The van der Waals surface area contributed by atoms with Crippen LogP contribution in [0, 0.1) is 5.92 Å². The third-order valence-electron chi connectivity index (χ3n) is 2.79. The average molecular weight is 323 g/mol. The monoisotopic (exact) mass is 322 g/mol. The van der Waals surface area contributed by atoms with Crippen molar-refractivity contribution in [3.63, 3.8) is 0 Å². The van der Waals surface area contributed by atoms with Crippen molar-refractivity contribution in [2.75, 3.05) is 25.5 Å². The largest absolute Gasteiger partial charge is 0.353 e. The maximum atomic E-state index is 4.20. The van der Waals surface area contributed by atoms with Crippen molar-refractivity contribution in [2.24, 2.45) is 5.92 Å². The van der Waals surface area contributed by atoms with Gasteiger partial charge in [-0.1, -0.05) is 49.1 Å². The molecule has 0 unspecified atom stereocenters. The normalized spacial score (nSPS) is 11.1. The van der Waals surface area contributed by atoms with Gasteiger partial charge in [-0.3, -0.25) is 0 Å². The highest BCUT2D eigenvalue weighted by Gasteiger charge is 2.07. The second-order valence-corrected chi connectivity index (χ2v) is 7.79. The smallest absolute Gasteiger partial charge is 0.208 e. The molecule has 2 aromatic rings. The molecule has 0 aliphatic rings. The number of nitrogens with zero attached hydrogens (tertiary/aromatic N) is 3. The predicted octanol–water partition coefficient (Wildman–Crippen LogP) is 3.50. The Balaban J connectivity index is 1.89. The Hall–Kier alpha value is -1.11. The number of hydrogen-bond acceptors (Lipinski definition) is 6. The lowest BCUT2D eigenvalue weighted by Gasteiger charge is -2.07. The lowest BCUT2D eigenvalue weighted by atomic mass is 10.2. The SMILES string of the molecule is CC(C)CNCc1ccc(Sc2nnc(N(C)C)s2)cc1. The standard InChI is InChI=1S/C15H22N4S2/c1-11(2)9-16-10-12-5-7-13(8-6-12)20-15-18-17-14(21-15)19(3)4/h5-8,11,16H,9-10H2,1-4H3. The van der Waals surface area contributed by atoms with Crippen molar-refractivity contribution in [2.45, 2.75) is 29.6 Å². The van der Waals surface area contributed by atoms with E-state index >= 15 is 0 Å². The van der Waals surface area contributed by atoms with Crippen LogP contribution in [0.5, 0.6) is 0 Å². The maximum absolute atomic E-state index is 4.20. The van der Waals surface area contributed by atoms with Gasteiger partial charge < -0.3 is 10.2 Å². The molecule has 4 nitrogen and oxygen atoms in total. The Kier molecular flexibility index (Phi) is 6.02. The summed E-state index contributed by atoms with van der Waals surface area (Å²) in [6.45, 7) is 6.41. The molecule has 2 rings (SSSR count). The van der Waals surface area contributed by atoms with Crippen LogP contribution in [0.1, 0.15) is 19.4 Å². The number of aromatic nitrogens is 2. The van der Waals surface area contributed by atoms with E-state index in [2.05, 4.69) is 53.6 Å². The number of hydrogen-bond donors (Lipinski definition) is 1. The van der Waals surface area contributed by atoms with Gasteiger partial charge in [-0.2, -0.15) is 0 Å². The van der Waals surface area contributed by atoms with Gasteiger partial charge in [-0.15, -0.1) is 10.2 Å². The van der Waals surface area contributed by atoms with E-state index in [0.29, 0.717) is 5.92 Å². The molecule has 1 heterocycles. The maximum Gasteiger partial charge on any atom is 0.208 e. The van der Waals surface area contributed by atoms with E-state index < -0.39 is 0 Å². The molecule has 0 spiro atoms. The number of rotatable bonds is 7. The lowest BCUT2D eigenvalue weighted by Crippen LogP contribution is -2.18. The molecule has 1 N–H and O–H groups in total. The molecule has 21 heavy (non-hydrogen) atoms. The summed E-state index contributed by atoms with van der Waals surface area (Å²) < 4.78 is 0.976. The molecule has 0 bridgehead atoms. The lowest BCUT2D eigenvalue weighted by molar-refractivity contribution is 0.552. The van der Waals surface area contributed by atoms with Crippen LogP contribution in [0.4, 0.5) is 5.13 Å². The van der Waals surface area contributed by atoms with Gasteiger partial charge in [0.2, 0.25) is 5.13 Å². The van der Waals surface area contributed by atoms with Crippen LogP contribution in [0.25, 0.3) is 0 Å². The highest BCUT2D eigenvalue weighted by Crippen LogP contribution is 2.32. The topological polar surface area (TPSA) is 41.1 Å². The second-order valence-electron chi connectivity index (χ2n) is 5.52. The predicted molar refractivity (Wildman–Crippen MR) is 91.3 cm³/mol. The summed E-state index contributed by atoms with van der Waals surface area (Å²) in [5, 5.41) is 12.7. The third-order valence-corrected chi connectivity index (χ3v) is 4.94. The minimum absolute atomic E-state index is 0.683. The zero-order valence-electron chi connectivity index (χ0n) is 13.0. The molecule has 1 aromatic heterocycles. The van der Waals surface area contributed by atoms with Crippen molar-refractivity contribution in [3.05, 3.63) is 29.8 Å². The summed E-state index contributed by atoms with van der Waals surface area (Å²) in [5.41, 5.74) is 1.31. The molecular weight excluding hydrogens is 300 g/mol. The fraction of sp³-hybridized carbons (Fsp3) is 0.467. The minimum Gasteiger partial charge on any atom is -0.353 e. The van der Waals surface area contributed by atoms with Crippen molar-refractivity contribution in [1.29, 1.82) is 0 Å². The summed E-state index contributed by atoms with van der Waals surface area (Å²) >= 11 is 3.27. The third kappa shape index (κ3) is 5.30. The fourth-order valence-electron chi connectivity index (χ4n) is 1.71. The Morgan fingerprint density at radius 1 is 1.19 bits per heavy atom. The van der Waals surface area contributed by atoms with Gasteiger partial charge in [-0.25, -0.2) is 0 Å². The number of anilines is 1. The molecule has 0 saturated heterocycles. The zero-order chi connectivity index (χ0) is 15.2. The van der Waals surface area contributed by atoms with E-state index in [0.717, 1.165) is 22.6 Å². The van der Waals surface area contributed by atoms with E-state index in [4.69, 9.17) is 0 Å². The first-order chi connectivity index (χ1) is 10.0. The minimum atomic E-state index is 0.683. The summed E-state index contributed by atoms with van der Waals surface area (Å²) in [5.74, 6) is 0.683. The second kappa shape index (κ2) is 7.77. The summed E-state index contributed by atoms with van der Waals surface area (Å²) in [4.78, 5) is 3.18. The molecule has 114 valence electrons. The van der Waals surface area contributed by atoms with E-state index in [-0.39, 0.29) is 0 Å². The van der Waals surface area contributed by atoms with E-state index in [1.54, 1.807) is 23.1 Å².